The molecule has 0 aromatic heterocycles. The zero-order chi connectivity index (χ0) is 12.0. The van der Waals surface area contributed by atoms with Crippen LogP contribution in [0.2, 0.25) is 0 Å². The highest BCUT2D eigenvalue weighted by Crippen LogP contribution is 2.15. The van der Waals surface area contributed by atoms with Gasteiger partial charge in [-0.05, 0) is 40.2 Å². The fourth-order valence-corrected chi connectivity index (χ4v) is 1.22. The van der Waals surface area contributed by atoms with Crippen LogP contribution in [-0.4, -0.2) is 0 Å². The quantitative estimate of drug-likeness (QED) is 0.567. The van der Waals surface area contributed by atoms with Crippen LogP contribution in [0.25, 0.3) is 5.57 Å². The molecule has 82 valence electrons. The second-order valence-corrected chi connectivity index (χ2v) is 4.36. The monoisotopic (exact) mass is 202 g/mol. The van der Waals surface area contributed by atoms with Gasteiger partial charge in [0.15, 0.2) is 0 Å². The van der Waals surface area contributed by atoms with Crippen molar-refractivity contribution in [3.63, 3.8) is 0 Å². The van der Waals surface area contributed by atoms with Crippen molar-refractivity contribution in [1.82, 2.24) is 0 Å². The van der Waals surface area contributed by atoms with E-state index in [4.69, 9.17) is 0 Å². The van der Waals surface area contributed by atoms with Gasteiger partial charge in [-0.25, -0.2) is 0 Å². The van der Waals surface area contributed by atoms with E-state index in [9.17, 15) is 0 Å². The molecule has 0 saturated carbocycles. The van der Waals surface area contributed by atoms with Gasteiger partial charge < -0.3 is 0 Å². The molecule has 0 nitrogen and oxygen atoms in total. The van der Waals surface area contributed by atoms with Crippen molar-refractivity contribution in [2.24, 2.45) is 0 Å². The van der Waals surface area contributed by atoms with E-state index < -0.39 is 0 Å². The van der Waals surface area contributed by atoms with Crippen LogP contribution in [0, 0.1) is 13.8 Å². The minimum absolute atomic E-state index is 1.14. The molecule has 1 rings (SSSR count). The molecule has 0 unspecified atom stereocenters. The average molecular weight is 202 g/mol. The SMILES string of the molecule is C=C(C)C.C=C(C)c1cc(C)cc(C)c1. The molecule has 0 bridgehead atoms. The summed E-state index contributed by atoms with van der Waals surface area (Å²) in [5, 5.41) is 0. The molecule has 0 fully saturated rings. The van der Waals surface area contributed by atoms with Gasteiger partial charge in [0.2, 0.25) is 0 Å². The highest BCUT2D eigenvalue weighted by molar-refractivity contribution is 5.62. The molecule has 0 aliphatic carbocycles. The number of aryl methyl sites for hydroxylation is 2. The Morgan fingerprint density at radius 2 is 1.20 bits per heavy atom. The van der Waals surface area contributed by atoms with Crippen LogP contribution < -0.4 is 0 Å². The molecule has 1 aromatic carbocycles. The number of hydrogen-bond donors (Lipinski definition) is 0. The van der Waals surface area contributed by atoms with Gasteiger partial charge in [0, 0.05) is 0 Å². The van der Waals surface area contributed by atoms with Crippen molar-refractivity contribution in [2.75, 3.05) is 0 Å². The Morgan fingerprint density at radius 1 is 0.867 bits per heavy atom. The minimum Gasteiger partial charge on any atom is -0.100 e. The Bertz CT molecular complexity index is 332. The molecule has 0 radical (unpaired) electrons. The fraction of sp³-hybridized carbons (Fsp3) is 0.333. The van der Waals surface area contributed by atoms with Crippen molar-refractivity contribution in [2.45, 2.75) is 34.6 Å². The zero-order valence-corrected chi connectivity index (χ0v) is 10.6. The van der Waals surface area contributed by atoms with Crippen LogP contribution in [0.15, 0.2) is 36.9 Å². The van der Waals surface area contributed by atoms with Gasteiger partial charge in [0.25, 0.3) is 0 Å². The summed E-state index contributed by atoms with van der Waals surface area (Å²) in [6.07, 6.45) is 0. The Balaban J connectivity index is 0.000000423. The van der Waals surface area contributed by atoms with E-state index in [0.29, 0.717) is 0 Å². The van der Waals surface area contributed by atoms with Gasteiger partial charge in [0.05, 0.1) is 0 Å². The smallest absolute Gasteiger partial charge is 0.0228 e. The predicted molar refractivity (Wildman–Crippen MR) is 71.1 cm³/mol. The Morgan fingerprint density at radius 3 is 1.47 bits per heavy atom. The molecule has 0 aliphatic heterocycles. The zero-order valence-electron chi connectivity index (χ0n) is 10.6. The summed E-state index contributed by atoms with van der Waals surface area (Å²) in [4.78, 5) is 0. The molecule has 0 amide bonds. The second kappa shape index (κ2) is 6.23. The summed E-state index contributed by atoms with van der Waals surface area (Å²) >= 11 is 0. The van der Waals surface area contributed by atoms with Crippen LogP contribution in [0.4, 0.5) is 0 Å². The third kappa shape index (κ3) is 6.73. The van der Waals surface area contributed by atoms with E-state index >= 15 is 0 Å². The summed E-state index contributed by atoms with van der Waals surface area (Å²) in [6.45, 7) is 17.7. The van der Waals surface area contributed by atoms with Crippen molar-refractivity contribution >= 4 is 5.57 Å². The Hall–Kier alpha value is -1.30. The van der Waals surface area contributed by atoms with Crippen LogP contribution in [0.3, 0.4) is 0 Å². The maximum atomic E-state index is 3.91. The van der Waals surface area contributed by atoms with E-state index in [-0.39, 0.29) is 0 Å². The molecular formula is C15H22. The second-order valence-electron chi connectivity index (χ2n) is 4.36. The van der Waals surface area contributed by atoms with Crippen LogP contribution >= 0.6 is 0 Å². The minimum atomic E-state index is 1.14. The maximum Gasteiger partial charge on any atom is -0.0228 e. The fourth-order valence-electron chi connectivity index (χ4n) is 1.22. The maximum absolute atomic E-state index is 3.91. The number of benzene rings is 1. The first-order chi connectivity index (χ1) is 6.82. The third-order valence-corrected chi connectivity index (χ3v) is 1.71. The molecular weight excluding hydrogens is 180 g/mol. The highest BCUT2D eigenvalue weighted by atomic mass is 14.0. The first-order valence-corrected chi connectivity index (χ1v) is 5.19. The first-order valence-electron chi connectivity index (χ1n) is 5.19. The predicted octanol–water partition coefficient (Wildman–Crippen LogP) is 4.92. The highest BCUT2D eigenvalue weighted by Gasteiger charge is 1.94. The Labute approximate surface area is 94.3 Å². The van der Waals surface area contributed by atoms with E-state index in [0.717, 1.165) is 5.57 Å². The topological polar surface area (TPSA) is 0 Å². The third-order valence-electron chi connectivity index (χ3n) is 1.71. The molecule has 0 saturated heterocycles. The van der Waals surface area contributed by atoms with Gasteiger partial charge >= 0.3 is 0 Å². The average Bonchev–Trinajstić information content (AvgIpc) is 2.00. The summed E-state index contributed by atoms with van der Waals surface area (Å²) in [6, 6.07) is 6.50. The van der Waals surface area contributed by atoms with Crippen molar-refractivity contribution in [3.05, 3.63) is 53.6 Å². The Kier molecular flexibility index (Phi) is 5.69. The largest absolute Gasteiger partial charge is 0.100 e. The van der Waals surface area contributed by atoms with Crippen molar-refractivity contribution in [1.29, 1.82) is 0 Å². The van der Waals surface area contributed by atoms with Gasteiger partial charge in [-0.1, -0.05) is 47.1 Å². The standard InChI is InChI=1S/C11H14.C4H8/c1-8(2)11-6-9(3)5-10(4)7-11;1-4(2)3/h5-7H,1H2,2-4H3;1H2,2-3H3. The van der Waals surface area contributed by atoms with Gasteiger partial charge in [-0.3, -0.25) is 0 Å². The van der Waals surface area contributed by atoms with E-state index in [1.807, 2.05) is 20.8 Å². The number of hydrogen-bond acceptors (Lipinski definition) is 0. The number of allylic oxidation sites excluding steroid dienone is 2. The molecule has 0 heteroatoms. The summed E-state index contributed by atoms with van der Waals surface area (Å²) in [5.74, 6) is 0. The van der Waals surface area contributed by atoms with Gasteiger partial charge in [-0.2, -0.15) is 0 Å². The first kappa shape index (κ1) is 13.7. The van der Waals surface area contributed by atoms with Crippen LogP contribution in [0.5, 0.6) is 0 Å². The van der Waals surface area contributed by atoms with E-state index in [1.165, 1.54) is 22.3 Å². The lowest BCUT2D eigenvalue weighted by Crippen LogP contribution is -1.82. The summed E-state index contributed by atoms with van der Waals surface area (Å²) < 4.78 is 0. The van der Waals surface area contributed by atoms with E-state index in [1.54, 1.807) is 0 Å². The molecule has 0 N–H and O–H groups in total. The van der Waals surface area contributed by atoms with Gasteiger partial charge in [-0.15, -0.1) is 6.58 Å². The van der Waals surface area contributed by atoms with Crippen molar-refractivity contribution in [3.8, 4) is 0 Å². The lowest BCUT2D eigenvalue weighted by Gasteiger charge is -2.02. The van der Waals surface area contributed by atoms with Crippen molar-refractivity contribution < 1.29 is 0 Å². The molecule has 0 aliphatic rings. The van der Waals surface area contributed by atoms with E-state index in [2.05, 4.69) is 45.2 Å². The summed E-state index contributed by atoms with van der Waals surface area (Å²) in [5.41, 5.74) is 6.17. The van der Waals surface area contributed by atoms with Crippen LogP contribution in [-0.2, 0) is 0 Å². The molecule has 0 spiro atoms. The molecule has 1 aromatic rings. The number of rotatable bonds is 1. The lowest BCUT2D eigenvalue weighted by atomic mass is 10.0. The molecule has 0 atom stereocenters. The molecule has 15 heavy (non-hydrogen) atoms. The molecule has 0 heterocycles. The summed E-state index contributed by atoms with van der Waals surface area (Å²) in [7, 11) is 0. The lowest BCUT2D eigenvalue weighted by molar-refractivity contribution is 1.36. The normalized spacial score (nSPS) is 8.87. The van der Waals surface area contributed by atoms with Crippen LogP contribution in [0.1, 0.15) is 37.5 Å². The van der Waals surface area contributed by atoms with Gasteiger partial charge in [0.1, 0.15) is 0 Å².